The number of hydrogen-bond acceptors (Lipinski definition) is 3. The van der Waals surface area contributed by atoms with Crippen molar-refractivity contribution in [1.82, 2.24) is 10.0 Å². The second-order valence-corrected chi connectivity index (χ2v) is 4.35. The molecule has 0 aromatic rings. The third kappa shape index (κ3) is 1.26. The van der Waals surface area contributed by atoms with Gasteiger partial charge in [0.2, 0.25) is 0 Å². The maximum atomic E-state index is 9.83. The van der Waals surface area contributed by atoms with E-state index in [0.717, 1.165) is 19.0 Å². The molecule has 12 heavy (non-hydrogen) atoms. The second kappa shape index (κ2) is 2.98. The lowest BCUT2D eigenvalue weighted by Gasteiger charge is -2.34. The highest BCUT2D eigenvalue weighted by Crippen LogP contribution is 2.29. The molecule has 2 aliphatic rings. The summed E-state index contributed by atoms with van der Waals surface area (Å²) in [6.45, 7) is 7.52. The lowest BCUT2D eigenvalue weighted by Crippen LogP contribution is -2.47. The fourth-order valence-corrected chi connectivity index (χ4v) is 2.19. The lowest BCUT2D eigenvalue weighted by atomic mass is 10.1. The summed E-state index contributed by atoms with van der Waals surface area (Å²) in [5, 5.41) is 14.3. The highest BCUT2D eigenvalue weighted by atomic mass is 16.3. The molecule has 2 bridgehead atoms. The van der Waals surface area contributed by atoms with Gasteiger partial charge in [0, 0.05) is 19.6 Å². The van der Waals surface area contributed by atoms with Crippen molar-refractivity contribution in [2.75, 3.05) is 19.6 Å². The van der Waals surface area contributed by atoms with Crippen LogP contribution in [0.2, 0.25) is 0 Å². The highest BCUT2D eigenvalue weighted by Gasteiger charge is 2.39. The molecule has 3 unspecified atom stereocenters. The third-order valence-corrected chi connectivity index (χ3v) is 2.97. The molecule has 2 fully saturated rings. The third-order valence-electron chi connectivity index (χ3n) is 2.97. The van der Waals surface area contributed by atoms with Crippen LogP contribution in [0, 0.1) is 11.8 Å². The molecule has 0 aliphatic carbocycles. The van der Waals surface area contributed by atoms with E-state index in [1.165, 1.54) is 13.0 Å². The average Bonchev–Trinajstić information content (AvgIpc) is 2.62. The van der Waals surface area contributed by atoms with Crippen molar-refractivity contribution < 1.29 is 5.11 Å². The first-order chi connectivity index (χ1) is 5.68. The predicted molar refractivity (Wildman–Crippen MR) is 47.2 cm³/mol. The summed E-state index contributed by atoms with van der Waals surface area (Å²) in [7, 11) is 0. The van der Waals surface area contributed by atoms with Crippen LogP contribution in [0.1, 0.15) is 20.3 Å². The number of fused-ring (bicyclic) bond motifs is 2. The van der Waals surface area contributed by atoms with Crippen molar-refractivity contribution in [3.63, 3.8) is 0 Å². The van der Waals surface area contributed by atoms with Crippen LogP contribution >= 0.6 is 0 Å². The molecule has 0 aromatic carbocycles. The molecule has 3 nitrogen and oxygen atoms in total. The summed E-state index contributed by atoms with van der Waals surface area (Å²) in [6, 6.07) is 0. The molecule has 3 atom stereocenters. The van der Waals surface area contributed by atoms with Gasteiger partial charge in [0.15, 0.2) is 0 Å². The Kier molecular flexibility index (Phi) is 2.10. The Bertz CT molecular complexity index is 172. The van der Waals surface area contributed by atoms with Crippen molar-refractivity contribution in [2.45, 2.75) is 26.5 Å². The minimum Gasteiger partial charge on any atom is -0.377 e. The van der Waals surface area contributed by atoms with Crippen LogP contribution in [-0.2, 0) is 0 Å². The number of aliphatic hydroxyl groups excluding tert-OH is 1. The summed E-state index contributed by atoms with van der Waals surface area (Å²) in [6.07, 6.45) is 1.05. The molecule has 3 heteroatoms. The van der Waals surface area contributed by atoms with E-state index in [1.807, 2.05) is 0 Å². The Hall–Kier alpha value is -0.120. The Morgan fingerprint density at radius 1 is 1.33 bits per heavy atom. The van der Waals surface area contributed by atoms with Gasteiger partial charge in [0.25, 0.3) is 0 Å². The Morgan fingerprint density at radius 3 is 2.50 bits per heavy atom. The van der Waals surface area contributed by atoms with E-state index in [2.05, 4.69) is 23.9 Å². The van der Waals surface area contributed by atoms with Crippen molar-refractivity contribution in [3.05, 3.63) is 0 Å². The zero-order chi connectivity index (χ0) is 8.72. The average molecular weight is 170 g/mol. The van der Waals surface area contributed by atoms with Gasteiger partial charge in [0.1, 0.15) is 6.23 Å². The Morgan fingerprint density at radius 2 is 2.08 bits per heavy atom. The van der Waals surface area contributed by atoms with E-state index in [4.69, 9.17) is 0 Å². The first kappa shape index (κ1) is 8.48. The number of hydrazine groups is 1. The summed E-state index contributed by atoms with van der Waals surface area (Å²) in [5.74, 6) is 1.16. The smallest absolute Gasteiger partial charge is 0.122 e. The van der Waals surface area contributed by atoms with Gasteiger partial charge in [-0.1, -0.05) is 13.8 Å². The van der Waals surface area contributed by atoms with Crippen LogP contribution in [0.5, 0.6) is 0 Å². The number of nitrogens with zero attached hydrogens (tertiary/aromatic N) is 2. The van der Waals surface area contributed by atoms with Crippen LogP contribution in [0.15, 0.2) is 0 Å². The van der Waals surface area contributed by atoms with E-state index >= 15 is 0 Å². The first-order valence-corrected chi connectivity index (χ1v) is 4.88. The van der Waals surface area contributed by atoms with Gasteiger partial charge in [-0.05, 0) is 18.3 Å². The molecule has 0 amide bonds. The van der Waals surface area contributed by atoms with Crippen molar-refractivity contribution in [3.8, 4) is 0 Å². The summed E-state index contributed by atoms with van der Waals surface area (Å²) in [5.41, 5.74) is 0. The topological polar surface area (TPSA) is 26.7 Å². The Balaban J connectivity index is 1.97. The molecule has 0 saturated carbocycles. The summed E-state index contributed by atoms with van der Waals surface area (Å²) < 4.78 is 0. The fourth-order valence-electron chi connectivity index (χ4n) is 2.19. The molecule has 2 aliphatic heterocycles. The SMILES string of the molecule is CC(C)C(O)N1CC2CCN1C2. The van der Waals surface area contributed by atoms with Gasteiger partial charge < -0.3 is 5.11 Å². The summed E-state index contributed by atoms with van der Waals surface area (Å²) in [4.78, 5) is 0. The van der Waals surface area contributed by atoms with E-state index in [-0.39, 0.29) is 6.23 Å². The van der Waals surface area contributed by atoms with Crippen molar-refractivity contribution >= 4 is 0 Å². The minimum absolute atomic E-state index is 0.268. The van der Waals surface area contributed by atoms with Crippen molar-refractivity contribution in [1.29, 1.82) is 0 Å². The second-order valence-electron chi connectivity index (χ2n) is 4.35. The normalized spacial score (nSPS) is 38.0. The summed E-state index contributed by atoms with van der Waals surface area (Å²) >= 11 is 0. The monoisotopic (exact) mass is 170 g/mol. The largest absolute Gasteiger partial charge is 0.377 e. The molecule has 0 spiro atoms. The molecular weight excluding hydrogens is 152 g/mol. The van der Waals surface area contributed by atoms with Gasteiger partial charge in [-0.3, -0.25) is 0 Å². The predicted octanol–water partition coefficient (Wildman–Crippen LogP) is 0.513. The molecule has 0 aromatic heterocycles. The maximum absolute atomic E-state index is 9.83. The first-order valence-electron chi connectivity index (χ1n) is 4.88. The molecular formula is C9H18N2O. The number of rotatable bonds is 2. The van der Waals surface area contributed by atoms with E-state index in [1.54, 1.807) is 0 Å². The van der Waals surface area contributed by atoms with Gasteiger partial charge in [0.05, 0.1) is 0 Å². The van der Waals surface area contributed by atoms with E-state index < -0.39 is 0 Å². The molecule has 1 N–H and O–H groups in total. The molecule has 2 saturated heterocycles. The lowest BCUT2D eigenvalue weighted by molar-refractivity contribution is -0.133. The molecule has 2 heterocycles. The number of hydrogen-bond donors (Lipinski definition) is 1. The molecule has 2 rings (SSSR count). The van der Waals surface area contributed by atoms with Crippen LogP contribution in [0.25, 0.3) is 0 Å². The van der Waals surface area contributed by atoms with Crippen molar-refractivity contribution in [2.24, 2.45) is 11.8 Å². The van der Waals surface area contributed by atoms with Crippen LogP contribution in [0.3, 0.4) is 0 Å². The quantitative estimate of drug-likeness (QED) is 0.654. The highest BCUT2D eigenvalue weighted by molar-refractivity contribution is 4.85. The van der Waals surface area contributed by atoms with Crippen LogP contribution in [-0.4, -0.2) is 41.0 Å². The number of aliphatic hydroxyl groups is 1. The molecule has 70 valence electrons. The van der Waals surface area contributed by atoms with E-state index in [9.17, 15) is 5.11 Å². The zero-order valence-electron chi connectivity index (χ0n) is 7.90. The van der Waals surface area contributed by atoms with Crippen LogP contribution in [0.4, 0.5) is 0 Å². The maximum Gasteiger partial charge on any atom is 0.122 e. The minimum atomic E-state index is -0.268. The van der Waals surface area contributed by atoms with Gasteiger partial charge in [-0.15, -0.1) is 0 Å². The van der Waals surface area contributed by atoms with Gasteiger partial charge >= 0.3 is 0 Å². The van der Waals surface area contributed by atoms with Gasteiger partial charge in [-0.2, -0.15) is 0 Å². The van der Waals surface area contributed by atoms with Gasteiger partial charge in [-0.25, -0.2) is 10.0 Å². The van der Waals surface area contributed by atoms with Crippen LogP contribution < -0.4 is 0 Å². The van der Waals surface area contributed by atoms with E-state index in [0.29, 0.717) is 5.92 Å². The fraction of sp³-hybridized carbons (Fsp3) is 1.00. The zero-order valence-corrected chi connectivity index (χ0v) is 7.90. The Labute approximate surface area is 73.9 Å². The molecule has 0 radical (unpaired) electrons. The standard InChI is InChI=1S/C9H18N2O/c1-7(2)9(12)11-6-8-3-4-10(11)5-8/h7-9,12H,3-6H2,1-2H3.